The lowest BCUT2D eigenvalue weighted by atomic mass is 10.4. The van der Waals surface area contributed by atoms with Crippen molar-refractivity contribution in [2.75, 3.05) is 6.54 Å². The molecule has 0 spiro atoms. The van der Waals surface area contributed by atoms with Crippen molar-refractivity contribution in [3.63, 3.8) is 0 Å². The summed E-state index contributed by atoms with van der Waals surface area (Å²) < 4.78 is 6.93. The summed E-state index contributed by atoms with van der Waals surface area (Å²) in [6.07, 6.45) is 4.23. The van der Waals surface area contributed by atoms with E-state index in [1.165, 1.54) is 0 Å². The van der Waals surface area contributed by atoms with Crippen LogP contribution in [-0.2, 0) is 13.1 Å². The van der Waals surface area contributed by atoms with Gasteiger partial charge in [0.2, 0.25) is 5.89 Å². The fraction of sp³-hybridized carbons (Fsp3) is 0.636. The first kappa shape index (κ1) is 11.3. The highest BCUT2D eigenvalue weighted by atomic mass is 16.5. The van der Waals surface area contributed by atoms with Gasteiger partial charge in [0.15, 0.2) is 5.82 Å². The van der Waals surface area contributed by atoms with Gasteiger partial charge < -0.3 is 9.84 Å². The SMILES string of the molecule is CCNCc1cn(Cc2noc(C3CC3)n2)nn1. The Hall–Kier alpha value is -1.76. The molecule has 0 saturated heterocycles. The molecule has 0 amide bonds. The molecule has 0 bridgehead atoms. The first-order valence-corrected chi connectivity index (χ1v) is 6.27. The third-order valence-electron chi connectivity index (χ3n) is 2.86. The molecule has 0 aliphatic heterocycles. The van der Waals surface area contributed by atoms with Crippen molar-refractivity contribution in [2.45, 2.75) is 38.8 Å². The quantitative estimate of drug-likeness (QED) is 0.810. The van der Waals surface area contributed by atoms with Gasteiger partial charge >= 0.3 is 0 Å². The Bertz CT molecular complexity index is 515. The summed E-state index contributed by atoms with van der Waals surface area (Å²) in [6.45, 7) is 4.22. The maximum Gasteiger partial charge on any atom is 0.229 e. The van der Waals surface area contributed by atoms with E-state index < -0.39 is 0 Å². The van der Waals surface area contributed by atoms with Gasteiger partial charge in [-0.25, -0.2) is 4.68 Å². The lowest BCUT2D eigenvalue weighted by Crippen LogP contribution is -2.11. The minimum absolute atomic E-state index is 0.492. The second kappa shape index (κ2) is 4.85. The lowest BCUT2D eigenvalue weighted by molar-refractivity contribution is 0.372. The molecule has 0 atom stereocenters. The first-order valence-electron chi connectivity index (χ1n) is 6.27. The highest BCUT2D eigenvalue weighted by molar-refractivity contribution is 5.02. The van der Waals surface area contributed by atoms with Crippen molar-refractivity contribution < 1.29 is 4.52 Å². The van der Waals surface area contributed by atoms with E-state index in [1.54, 1.807) is 4.68 Å². The van der Waals surface area contributed by atoms with E-state index in [2.05, 4.69) is 32.7 Å². The smallest absolute Gasteiger partial charge is 0.229 e. The van der Waals surface area contributed by atoms with Crippen molar-refractivity contribution in [3.05, 3.63) is 23.6 Å². The van der Waals surface area contributed by atoms with Gasteiger partial charge in [0.05, 0.1) is 11.9 Å². The van der Waals surface area contributed by atoms with Crippen molar-refractivity contribution >= 4 is 0 Å². The second-order valence-corrected chi connectivity index (χ2v) is 4.51. The Balaban J connectivity index is 1.62. The number of aromatic nitrogens is 5. The molecule has 7 heteroatoms. The molecule has 18 heavy (non-hydrogen) atoms. The molecule has 3 rings (SSSR count). The summed E-state index contributed by atoms with van der Waals surface area (Å²) in [5.74, 6) is 1.92. The van der Waals surface area contributed by atoms with Crippen LogP contribution in [0.3, 0.4) is 0 Å². The molecular weight excluding hydrogens is 232 g/mol. The lowest BCUT2D eigenvalue weighted by Gasteiger charge is -1.94. The molecule has 1 N–H and O–H groups in total. The Morgan fingerprint density at radius 2 is 2.39 bits per heavy atom. The van der Waals surface area contributed by atoms with Crippen molar-refractivity contribution in [3.8, 4) is 0 Å². The van der Waals surface area contributed by atoms with Gasteiger partial charge in [0, 0.05) is 12.5 Å². The Morgan fingerprint density at radius 1 is 1.50 bits per heavy atom. The minimum atomic E-state index is 0.492. The van der Waals surface area contributed by atoms with Crippen LogP contribution in [0.25, 0.3) is 0 Å². The molecule has 1 aliphatic carbocycles. The standard InChI is InChI=1S/C11H16N6O/c1-2-12-5-9-6-17(16-14-9)7-10-13-11(18-15-10)8-3-4-8/h6,8,12H,2-5,7H2,1H3. The number of nitrogens with one attached hydrogen (secondary N) is 1. The molecule has 2 aromatic rings. The summed E-state index contributed by atoms with van der Waals surface area (Å²) in [5, 5.41) is 15.3. The number of hydrogen-bond donors (Lipinski definition) is 1. The van der Waals surface area contributed by atoms with Gasteiger partial charge in [-0.1, -0.05) is 17.3 Å². The van der Waals surface area contributed by atoms with Crippen LogP contribution in [0, 0.1) is 0 Å². The third kappa shape index (κ3) is 2.56. The van der Waals surface area contributed by atoms with Crippen molar-refractivity contribution in [1.82, 2.24) is 30.5 Å². The fourth-order valence-corrected chi connectivity index (χ4v) is 1.72. The summed E-state index contributed by atoms with van der Waals surface area (Å²) >= 11 is 0. The van der Waals surface area contributed by atoms with Crippen LogP contribution in [-0.4, -0.2) is 31.7 Å². The van der Waals surface area contributed by atoms with Crippen LogP contribution in [0.1, 0.15) is 43.1 Å². The maximum atomic E-state index is 5.20. The molecule has 96 valence electrons. The van der Waals surface area contributed by atoms with E-state index in [0.29, 0.717) is 18.3 Å². The van der Waals surface area contributed by atoms with Gasteiger partial charge in [0.25, 0.3) is 0 Å². The van der Waals surface area contributed by atoms with Crippen LogP contribution in [0.15, 0.2) is 10.7 Å². The number of rotatable bonds is 6. The highest BCUT2D eigenvalue weighted by Gasteiger charge is 2.29. The van der Waals surface area contributed by atoms with Crippen molar-refractivity contribution in [2.24, 2.45) is 0 Å². The molecule has 2 aromatic heterocycles. The van der Waals surface area contributed by atoms with Crippen LogP contribution in [0.2, 0.25) is 0 Å². The molecule has 0 unspecified atom stereocenters. The summed E-state index contributed by atoms with van der Waals surface area (Å²) in [4.78, 5) is 4.36. The predicted molar refractivity (Wildman–Crippen MR) is 62.8 cm³/mol. The zero-order chi connectivity index (χ0) is 12.4. The molecule has 1 saturated carbocycles. The predicted octanol–water partition coefficient (Wildman–Crippen LogP) is 0.696. The second-order valence-electron chi connectivity index (χ2n) is 4.51. The molecule has 1 fully saturated rings. The van der Waals surface area contributed by atoms with E-state index in [1.807, 2.05) is 6.20 Å². The van der Waals surface area contributed by atoms with Gasteiger partial charge in [-0.05, 0) is 19.4 Å². The van der Waals surface area contributed by atoms with Crippen molar-refractivity contribution in [1.29, 1.82) is 0 Å². The largest absolute Gasteiger partial charge is 0.339 e. The van der Waals surface area contributed by atoms with Crippen LogP contribution in [0.4, 0.5) is 0 Å². The van der Waals surface area contributed by atoms with E-state index in [9.17, 15) is 0 Å². The normalized spacial score (nSPS) is 15.2. The average Bonchev–Trinajstić information content (AvgIpc) is 2.96. The number of hydrogen-bond acceptors (Lipinski definition) is 6. The number of nitrogens with zero attached hydrogens (tertiary/aromatic N) is 5. The summed E-state index contributed by atoms with van der Waals surface area (Å²) in [7, 11) is 0. The van der Waals surface area contributed by atoms with E-state index in [-0.39, 0.29) is 0 Å². The van der Waals surface area contributed by atoms with Crippen LogP contribution in [0.5, 0.6) is 0 Å². The van der Waals surface area contributed by atoms with E-state index in [4.69, 9.17) is 4.52 Å². The molecule has 2 heterocycles. The monoisotopic (exact) mass is 248 g/mol. The Morgan fingerprint density at radius 3 is 3.17 bits per heavy atom. The summed E-state index contributed by atoms with van der Waals surface area (Å²) in [5.41, 5.74) is 0.919. The molecule has 0 aromatic carbocycles. The fourth-order valence-electron chi connectivity index (χ4n) is 1.72. The van der Waals surface area contributed by atoms with Gasteiger partial charge in [-0.15, -0.1) is 5.10 Å². The Labute approximate surface area is 105 Å². The average molecular weight is 248 g/mol. The van der Waals surface area contributed by atoms with Gasteiger partial charge in [0.1, 0.15) is 6.54 Å². The topological polar surface area (TPSA) is 81.7 Å². The zero-order valence-corrected chi connectivity index (χ0v) is 10.3. The van der Waals surface area contributed by atoms with Gasteiger partial charge in [-0.3, -0.25) is 0 Å². The highest BCUT2D eigenvalue weighted by Crippen LogP contribution is 2.38. The maximum absolute atomic E-state index is 5.20. The molecular formula is C11H16N6O. The summed E-state index contributed by atoms with van der Waals surface area (Å²) in [6, 6.07) is 0. The van der Waals surface area contributed by atoms with Crippen LogP contribution >= 0.6 is 0 Å². The van der Waals surface area contributed by atoms with E-state index >= 15 is 0 Å². The first-order chi connectivity index (χ1) is 8.85. The molecule has 0 radical (unpaired) electrons. The molecule has 1 aliphatic rings. The minimum Gasteiger partial charge on any atom is -0.339 e. The van der Waals surface area contributed by atoms with E-state index in [0.717, 1.165) is 37.5 Å². The zero-order valence-electron chi connectivity index (χ0n) is 10.3. The Kier molecular flexibility index (Phi) is 3.06. The molecule has 7 nitrogen and oxygen atoms in total. The van der Waals surface area contributed by atoms with Gasteiger partial charge in [-0.2, -0.15) is 4.98 Å². The van der Waals surface area contributed by atoms with Crippen LogP contribution < -0.4 is 5.32 Å². The third-order valence-corrected chi connectivity index (χ3v) is 2.86.